The van der Waals surface area contributed by atoms with Gasteiger partial charge in [0, 0.05) is 6.61 Å². The van der Waals surface area contributed by atoms with E-state index in [1.165, 1.54) is 95.5 Å². The van der Waals surface area contributed by atoms with Gasteiger partial charge in [0.15, 0.2) is 5.82 Å². The van der Waals surface area contributed by atoms with Crippen molar-refractivity contribution in [3.05, 3.63) is 59.3 Å². The van der Waals surface area contributed by atoms with Gasteiger partial charge in [-0.1, -0.05) is 96.8 Å². The zero-order valence-corrected chi connectivity index (χ0v) is 32.2. The van der Waals surface area contributed by atoms with Crippen LogP contribution < -0.4 is 5.73 Å². The van der Waals surface area contributed by atoms with Gasteiger partial charge in [0.25, 0.3) is 0 Å². The van der Waals surface area contributed by atoms with Crippen LogP contribution in [0.1, 0.15) is 139 Å². The predicted molar refractivity (Wildman–Crippen MR) is 201 cm³/mol. The lowest BCUT2D eigenvalue weighted by Crippen LogP contribution is -2.26. The first kappa shape index (κ1) is 42.8. The molecule has 14 heteroatoms. The smallest absolute Gasteiger partial charge is 0.382 e. The second kappa shape index (κ2) is 23.8. The van der Waals surface area contributed by atoms with E-state index in [1.54, 1.807) is 4.52 Å². The van der Waals surface area contributed by atoms with E-state index in [0.29, 0.717) is 36.3 Å². The molecule has 0 amide bonds. The zero-order chi connectivity index (χ0) is 37.7. The van der Waals surface area contributed by atoms with Crippen molar-refractivity contribution in [2.75, 3.05) is 32.2 Å². The number of nitrogen functional groups attached to an aromatic ring is 1. The number of phosphoric ester groups is 1. The summed E-state index contributed by atoms with van der Waals surface area (Å²) in [6.07, 6.45) is 20.3. The average Bonchev–Trinajstić information content (AvgIpc) is 3.81. The van der Waals surface area contributed by atoms with Crippen molar-refractivity contribution in [2.45, 2.75) is 141 Å². The Balaban J connectivity index is 1.13. The second-order valence-corrected chi connectivity index (χ2v) is 15.5. The predicted octanol–water partition coefficient (Wildman–Crippen LogP) is 9.15. The number of nitrogens with two attached hydrogens (primary N) is 1. The number of halogens is 1. The van der Waals surface area contributed by atoms with Crippen LogP contribution in [-0.4, -0.2) is 58.1 Å². The maximum Gasteiger partial charge on any atom is 0.472 e. The lowest BCUT2D eigenvalue weighted by molar-refractivity contribution is -0.0529. The van der Waals surface area contributed by atoms with E-state index in [2.05, 4.69) is 17.0 Å². The summed E-state index contributed by atoms with van der Waals surface area (Å²) in [6, 6.07) is 9.59. The Bertz CT molecular complexity index is 1590. The van der Waals surface area contributed by atoms with Gasteiger partial charge in [-0.3, -0.25) is 9.05 Å². The maximum atomic E-state index is 14.0. The largest absolute Gasteiger partial charge is 0.472 e. The number of rotatable bonds is 28. The van der Waals surface area contributed by atoms with Crippen molar-refractivity contribution in [3.63, 3.8) is 0 Å². The molecule has 3 aromatic rings. The molecule has 0 aliphatic carbocycles. The Hall–Kier alpha value is -2.95. The molecule has 0 spiro atoms. The van der Waals surface area contributed by atoms with Gasteiger partial charge in [-0.15, -0.1) is 0 Å². The molecule has 12 nitrogen and oxygen atoms in total. The molecule has 53 heavy (non-hydrogen) atoms. The molecule has 0 bridgehead atoms. The number of phosphoric acid groups is 1. The fourth-order valence-corrected chi connectivity index (χ4v) is 7.39. The Morgan fingerprint density at radius 2 is 1.66 bits per heavy atom. The summed E-state index contributed by atoms with van der Waals surface area (Å²) in [5.41, 5.74) is 8.06. The number of fused-ring (bicyclic) bond motifs is 1. The first-order valence-corrected chi connectivity index (χ1v) is 21.0. The van der Waals surface area contributed by atoms with Crippen molar-refractivity contribution in [3.8, 4) is 6.07 Å². The molecule has 0 saturated carbocycles. The highest BCUT2D eigenvalue weighted by Crippen LogP contribution is 2.45. The van der Waals surface area contributed by atoms with Crippen LogP contribution in [0.2, 0.25) is 0 Å². The number of nitriles is 1. The summed E-state index contributed by atoms with van der Waals surface area (Å²) in [5.74, 6) is -0.185. The van der Waals surface area contributed by atoms with Crippen molar-refractivity contribution in [1.82, 2.24) is 14.6 Å². The minimum atomic E-state index is -4.48. The zero-order valence-electron chi connectivity index (χ0n) is 31.3. The number of aromatic nitrogens is 3. The molecular weight excluding hydrogens is 700 g/mol. The van der Waals surface area contributed by atoms with E-state index < -0.39 is 25.8 Å². The molecule has 0 radical (unpaired) electrons. The molecule has 3 heterocycles. The summed E-state index contributed by atoms with van der Waals surface area (Å²) >= 11 is 0. The quantitative estimate of drug-likeness (QED) is 0.0536. The molecule has 1 aliphatic rings. The van der Waals surface area contributed by atoms with Gasteiger partial charge >= 0.3 is 7.82 Å². The number of unbranched alkanes of at least 4 members (excludes halogenated alkanes) is 14. The van der Waals surface area contributed by atoms with Crippen LogP contribution in [0, 0.1) is 17.1 Å². The van der Waals surface area contributed by atoms with E-state index in [9.17, 15) is 19.1 Å². The van der Waals surface area contributed by atoms with Crippen LogP contribution >= 0.6 is 7.82 Å². The van der Waals surface area contributed by atoms with Crippen LogP contribution in [0.4, 0.5) is 10.2 Å². The van der Waals surface area contributed by atoms with Crippen molar-refractivity contribution in [1.29, 1.82) is 5.26 Å². The Kier molecular flexibility index (Phi) is 19.2. The maximum absolute atomic E-state index is 14.0. The Labute approximate surface area is 314 Å². The van der Waals surface area contributed by atoms with Crippen LogP contribution in [-0.2, 0) is 34.4 Å². The van der Waals surface area contributed by atoms with Gasteiger partial charge in [-0.2, -0.15) is 10.4 Å². The number of ether oxygens (including phenoxy) is 3. The summed E-state index contributed by atoms with van der Waals surface area (Å²) in [4.78, 5) is 14.5. The van der Waals surface area contributed by atoms with Crippen LogP contribution in [0.15, 0.2) is 36.7 Å². The molecule has 1 fully saturated rings. The summed E-state index contributed by atoms with van der Waals surface area (Å²) in [7, 11) is -4.48. The lowest BCUT2D eigenvalue weighted by Gasteiger charge is -2.21. The van der Waals surface area contributed by atoms with E-state index in [-0.39, 0.29) is 38.1 Å². The highest BCUT2D eigenvalue weighted by molar-refractivity contribution is 7.47. The number of nitrogens with zero attached hydrogens (tertiary/aromatic N) is 4. The first-order valence-electron chi connectivity index (χ1n) is 19.5. The third-order valence-corrected chi connectivity index (χ3v) is 10.5. The first-order chi connectivity index (χ1) is 25.8. The molecule has 3 N–H and O–H groups in total. The minimum absolute atomic E-state index is 0.0400. The fourth-order valence-electron chi connectivity index (χ4n) is 6.60. The van der Waals surface area contributed by atoms with E-state index >= 15 is 0 Å². The monoisotopic (exact) mass is 759 g/mol. The van der Waals surface area contributed by atoms with Crippen LogP contribution in [0.3, 0.4) is 0 Å². The van der Waals surface area contributed by atoms with Gasteiger partial charge in [0.1, 0.15) is 29.9 Å². The summed E-state index contributed by atoms with van der Waals surface area (Å²) in [6.45, 7) is 2.39. The van der Waals surface area contributed by atoms with E-state index in [4.69, 9.17) is 29.0 Å². The average molecular weight is 760 g/mol. The topological polar surface area (TPSA) is 163 Å². The Morgan fingerprint density at radius 3 is 2.34 bits per heavy atom. The molecule has 4 rings (SSSR count). The highest BCUT2D eigenvalue weighted by atomic mass is 31.2. The number of anilines is 1. The third kappa shape index (κ3) is 15.7. The minimum Gasteiger partial charge on any atom is -0.382 e. The van der Waals surface area contributed by atoms with Gasteiger partial charge in [0.05, 0.1) is 49.9 Å². The fraction of sp³-hybridized carbons (Fsp3) is 0.667. The molecule has 1 aromatic carbocycles. The van der Waals surface area contributed by atoms with Gasteiger partial charge < -0.3 is 24.8 Å². The van der Waals surface area contributed by atoms with E-state index in [1.807, 2.05) is 18.2 Å². The third-order valence-electron chi connectivity index (χ3n) is 9.56. The SMILES string of the molecule is CCCCCCCCCCCCCCCCCOCC(COP(=O)(O)OCC1CCC(c2ccc3c(N)ncnn23)O1)OCc1cc(F)cc(C#N)c1. The summed E-state index contributed by atoms with van der Waals surface area (Å²) < 4.78 is 57.1. The van der Waals surface area contributed by atoms with Crippen molar-refractivity contribution < 1.29 is 37.1 Å². The summed E-state index contributed by atoms with van der Waals surface area (Å²) in [5, 5.41) is 13.5. The lowest BCUT2D eigenvalue weighted by atomic mass is 10.0. The second-order valence-electron chi connectivity index (χ2n) is 14.0. The van der Waals surface area contributed by atoms with Gasteiger partial charge in [-0.05, 0) is 55.2 Å². The van der Waals surface area contributed by atoms with E-state index in [0.717, 1.165) is 31.0 Å². The highest BCUT2D eigenvalue weighted by Gasteiger charge is 2.32. The Morgan fingerprint density at radius 1 is 0.981 bits per heavy atom. The molecular formula is C39H59FN5O7P. The molecule has 2 aromatic heterocycles. The molecule has 1 aliphatic heterocycles. The molecule has 4 unspecified atom stereocenters. The van der Waals surface area contributed by atoms with Crippen molar-refractivity contribution >= 4 is 19.2 Å². The van der Waals surface area contributed by atoms with Crippen molar-refractivity contribution in [2.24, 2.45) is 0 Å². The van der Waals surface area contributed by atoms with Crippen LogP contribution in [0.25, 0.3) is 5.52 Å². The standard InChI is InChI=1S/C39H59FN5O7P/c1-2-3-4-5-6-7-8-9-10-11-12-13-14-15-16-21-48-27-35(49-26-32-22-31(25-41)23-33(40)24-32)29-51-53(46,47)50-28-34-17-20-38(52-34)36-18-19-37-39(42)43-30-44-45(36)37/h18-19,22-24,30,34-35,38H,2-17,20-21,26-29H2,1H3,(H,46,47)(H2,42,43,44). The number of benzene rings is 1. The number of hydrogen-bond donors (Lipinski definition) is 2. The van der Waals surface area contributed by atoms with Gasteiger partial charge in [-0.25, -0.2) is 18.5 Å². The number of hydrogen-bond acceptors (Lipinski definition) is 10. The van der Waals surface area contributed by atoms with Gasteiger partial charge in [0.2, 0.25) is 0 Å². The molecule has 4 atom stereocenters. The normalized spacial score (nSPS) is 17.6. The molecule has 1 saturated heterocycles. The molecule has 294 valence electrons. The van der Waals surface area contributed by atoms with Crippen LogP contribution in [0.5, 0.6) is 0 Å².